The van der Waals surface area contributed by atoms with Crippen LogP contribution >= 0.6 is 0 Å². The highest BCUT2D eigenvalue weighted by atomic mass is 16.5. The minimum absolute atomic E-state index is 0.0209. The standard InChI is InChI=1S/C78H153NO5/c1-3-5-7-9-11-13-15-16-17-18-19-35-38-41-44-47-51-54-58-62-66-70-76(81)75(74-80)79-77(82)71-67-63-59-55-52-48-45-42-39-36-33-31-29-27-25-23-21-20-22-24-26-28-30-32-34-37-40-43-46-49-53-57-61-65-69-73-84-78(83)72-68-64-60-56-50-14-12-10-8-6-4-2/h22,24,75-76,80-81H,3-21,23,25-74H2,1-2H3,(H,79,82)/b24-22-. The molecular formula is C78H153NO5. The second-order valence-corrected chi connectivity index (χ2v) is 27.0. The molecule has 0 aromatic carbocycles. The minimum Gasteiger partial charge on any atom is -0.466 e. The van der Waals surface area contributed by atoms with Gasteiger partial charge in [0, 0.05) is 12.8 Å². The molecule has 0 aromatic rings. The molecule has 0 rings (SSSR count). The van der Waals surface area contributed by atoms with Crippen molar-refractivity contribution in [1.82, 2.24) is 5.32 Å². The number of amides is 1. The predicted octanol–water partition coefficient (Wildman–Crippen LogP) is 25.5. The van der Waals surface area contributed by atoms with Crippen LogP contribution in [0.25, 0.3) is 0 Å². The van der Waals surface area contributed by atoms with E-state index in [9.17, 15) is 19.8 Å². The van der Waals surface area contributed by atoms with Crippen LogP contribution < -0.4 is 5.32 Å². The molecule has 2 atom stereocenters. The summed E-state index contributed by atoms with van der Waals surface area (Å²) < 4.78 is 5.48. The van der Waals surface area contributed by atoms with Gasteiger partial charge in [-0.3, -0.25) is 9.59 Å². The van der Waals surface area contributed by atoms with Crippen molar-refractivity contribution in [3.8, 4) is 0 Å². The number of aliphatic hydroxyl groups is 2. The highest BCUT2D eigenvalue weighted by Gasteiger charge is 2.20. The molecule has 0 saturated heterocycles. The zero-order valence-electron chi connectivity index (χ0n) is 57.4. The zero-order valence-corrected chi connectivity index (χ0v) is 57.4. The van der Waals surface area contributed by atoms with Gasteiger partial charge in [-0.2, -0.15) is 0 Å². The number of allylic oxidation sites excluding steroid dienone is 2. The monoisotopic (exact) mass is 1180 g/mol. The first-order valence-electron chi connectivity index (χ1n) is 38.9. The first-order chi connectivity index (χ1) is 41.5. The van der Waals surface area contributed by atoms with Crippen LogP contribution in [0.4, 0.5) is 0 Å². The maximum absolute atomic E-state index is 12.6. The van der Waals surface area contributed by atoms with E-state index >= 15 is 0 Å². The van der Waals surface area contributed by atoms with Crippen LogP contribution in [0.2, 0.25) is 0 Å². The van der Waals surface area contributed by atoms with Gasteiger partial charge in [0.05, 0.1) is 25.4 Å². The summed E-state index contributed by atoms with van der Waals surface area (Å²) in [5.41, 5.74) is 0. The smallest absolute Gasteiger partial charge is 0.305 e. The lowest BCUT2D eigenvalue weighted by Gasteiger charge is -2.22. The summed E-state index contributed by atoms with van der Waals surface area (Å²) in [6, 6.07) is -0.539. The molecule has 0 aliphatic rings. The molecule has 0 heterocycles. The van der Waals surface area contributed by atoms with Crippen LogP contribution in [-0.2, 0) is 14.3 Å². The molecule has 6 nitrogen and oxygen atoms in total. The summed E-state index contributed by atoms with van der Waals surface area (Å²) in [7, 11) is 0. The number of unbranched alkanes of at least 4 members (excludes halogenated alkanes) is 61. The SMILES string of the molecule is CCCCCCCCCCCCCCCCCCCCCCCC(O)C(CO)NC(=O)CCCCCCCCCCCCCCCCCCC/C=C\CCCCCCCCCCCCCCCCOC(=O)CCCCCCCCCCCCC. The Morgan fingerprint density at radius 3 is 0.845 bits per heavy atom. The molecule has 2 unspecified atom stereocenters. The number of hydrogen-bond donors (Lipinski definition) is 3. The number of hydrogen-bond acceptors (Lipinski definition) is 5. The molecule has 3 N–H and O–H groups in total. The summed E-state index contributed by atoms with van der Waals surface area (Å²) >= 11 is 0. The molecule has 84 heavy (non-hydrogen) atoms. The Balaban J connectivity index is 3.34. The van der Waals surface area contributed by atoms with Crippen molar-refractivity contribution in [3.63, 3.8) is 0 Å². The lowest BCUT2D eigenvalue weighted by molar-refractivity contribution is -0.143. The van der Waals surface area contributed by atoms with Crippen LogP contribution in [0.5, 0.6) is 0 Å². The lowest BCUT2D eigenvalue weighted by atomic mass is 10.0. The number of carbonyl (C=O) groups is 2. The van der Waals surface area contributed by atoms with E-state index in [0.717, 1.165) is 38.5 Å². The Hall–Kier alpha value is -1.40. The second kappa shape index (κ2) is 74.1. The summed E-state index contributed by atoms with van der Waals surface area (Å²) in [5.74, 6) is -0.00486. The van der Waals surface area contributed by atoms with Crippen molar-refractivity contribution in [2.24, 2.45) is 0 Å². The highest BCUT2D eigenvalue weighted by molar-refractivity contribution is 5.76. The summed E-state index contributed by atoms with van der Waals surface area (Å²) in [4.78, 5) is 24.6. The van der Waals surface area contributed by atoms with Crippen molar-refractivity contribution in [1.29, 1.82) is 0 Å². The average molecular weight is 1190 g/mol. The first kappa shape index (κ1) is 82.6. The van der Waals surface area contributed by atoms with E-state index in [4.69, 9.17) is 4.74 Å². The molecular weight excluding hydrogens is 1030 g/mol. The molecule has 0 aliphatic carbocycles. The van der Waals surface area contributed by atoms with Crippen molar-refractivity contribution >= 4 is 11.9 Å². The Morgan fingerprint density at radius 1 is 0.321 bits per heavy atom. The van der Waals surface area contributed by atoms with E-state index < -0.39 is 12.1 Å². The largest absolute Gasteiger partial charge is 0.466 e. The number of rotatable bonds is 74. The number of carbonyl (C=O) groups excluding carboxylic acids is 2. The third kappa shape index (κ3) is 69.7. The molecule has 0 spiro atoms. The molecule has 0 radical (unpaired) electrons. The fraction of sp³-hybridized carbons (Fsp3) is 0.949. The third-order valence-corrected chi connectivity index (χ3v) is 18.6. The number of aliphatic hydroxyl groups excluding tert-OH is 2. The fourth-order valence-electron chi connectivity index (χ4n) is 12.6. The summed E-state index contributed by atoms with van der Waals surface area (Å²) in [6.07, 6.45) is 93.0. The topological polar surface area (TPSA) is 95.9 Å². The van der Waals surface area contributed by atoms with Crippen molar-refractivity contribution in [2.45, 2.75) is 463 Å². The molecule has 1 amide bonds. The van der Waals surface area contributed by atoms with Gasteiger partial charge in [-0.25, -0.2) is 0 Å². The van der Waals surface area contributed by atoms with Gasteiger partial charge >= 0.3 is 5.97 Å². The molecule has 0 fully saturated rings. The highest BCUT2D eigenvalue weighted by Crippen LogP contribution is 2.20. The van der Waals surface area contributed by atoms with Gasteiger partial charge in [-0.15, -0.1) is 0 Å². The predicted molar refractivity (Wildman–Crippen MR) is 370 cm³/mol. The molecule has 0 saturated carbocycles. The average Bonchev–Trinajstić information content (AvgIpc) is 3.50. The van der Waals surface area contributed by atoms with Gasteiger partial charge in [-0.1, -0.05) is 398 Å². The number of ether oxygens (including phenoxy) is 1. The van der Waals surface area contributed by atoms with Crippen LogP contribution in [0.15, 0.2) is 12.2 Å². The minimum atomic E-state index is -0.662. The lowest BCUT2D eigenvalue weighted by Crippen LogP contribution is -2.45. The van der Waals surface area contributed by atoms with E-state index in [2.05, 4.69) is 31.3 Å². The molecule has 0 bridgehead atoms. The maximum Gasteiger partial charge on any atom is 0.305 e. The normalized spacial score (nSPS) is 12.5. The van der Waals surface area contributed by atoms with E-state index in [-0.39, 0.29) is 18.5 Å². The summed E-state index contributed by atoms with van der Waals surface area (Å²) in [5, 5.41) is 23.4. The van der Waals surface area contributed by atoms with Gasteiger partial charge < -0.3 is 20.3 Å². The quantitative estimate of drug-likeness (QED) is 0.0320. The van der Waals surface area contributed by atoms with Crippen molar-refractivity contribution in [2.75, 3.05) is 13.2 Å². The van der Waals surface area contributed by atoms with Crippen LogP contribution in [-0.4, -0.2) is 47.4 Å². The van der Waals surface area contributed by atoms with Gasteiger partial charge in [0.2, 0.25) is 5.91 Å². The number of nitrogens with one attached hydrogen (secondary N) is 1. The van der Waals surface area contributed by atoms with E-state index in [1.54, 1.807) is 0 Å². The molecule has 0 aromatic heterocycles. The molecule has 6 heteroatoms. The fourth-order valence-corrected chi connectivity index (χ4v) is 12.6. The van der Waals surface area contributed by atoms with Gasteiger partial charge in [0.15, 0.2) is 0 Å². The zero-order chi connectivity index (χ0) is 60.6. The van der Waals surface area contributed by atoms with Gasteiger partial charge in [0.25, 0.3) is 0 Å². The van der Waals surface area contributed by atoms with Crippen LogP contribution in [0, 0.1) is 0 Å². The van der Waals surface area contributed by atoms with Gasteiger partial charge in [0.1, 0.15) is 0 Å². The van der Waals surface area contributed by atoms with Crippen LogP contribution in [0.1, 0.15) is 450 Å². The Bertz CT molecular complexity index is 1270. The maximum atomic E-state index is 12.6. The van der Waals surface area contributed by atoms with Gasteiger partial charge in [-0.05, 0) is 51.4 Å². The Labute approximate surface area is 527 Å². The first-order valence-corrected chi connectivity index (χ1v) is 38.9. The van der Waals surface area contributed by atoms with E-state index in [0.29, 0.717) is 25.9 Å². The Kier molecular flexibility index (Phi) is 72.8. The van der Waals surface area contributed by atoms with E-state index in [1.807, 2.05) is 0 Å². The van der Waals surface area contributed by atoms with Crippen molar-refractivity contribution < 1.29 is 24.5 Å². The second-order valence-electron chi connectivity index (χ2n) is 27.0. The molecule has 500 valence electrons. The van der Waals surface area contributed by atoms with Crippen LogP contribution in [0.3, 0.4) is 0 Å². The van der Waals surface area contributed by atoms with Crippen molar-refractivity contribution in [3.05, 3.63) is 12.2 Å². The molecule has 0 aliphatic heterocycles. The summed E-state index contributed by atoms with van der Waals surface area (Å²) in [6.45, 7) is 5.00. The van der Waals surface area contributed by atoms with E-state index in [1.165, 1.54) is 379 Å². The third-order valence-electron chi connectivity index (χ3n) is 18.6. The Morgan fingerprint density at radius 2 is 0.560 bits per heavy atom. The number of esters is 1.